The lowest BCUT2D eigenvalue weighted by Crippen LogP contribution is -1.88. The van der Waals surface area contributed by atoms with Crippen LogP contribution in [0.15, 0.2) is 48.5 Å². The van der Waals surface area contributed by atoms with Crippen LogP contribution in [0.25, 0.3) is 0 Å². The van der Waals surface area contributed by atoms with Crippen LogP contribution < -0.4 is 5.73 Å². The fraction of sp³-hybridized carbons (Fsp3) is 0.143. The summed E-state index contributed by atoms with van der Waals surface area (Å²) in [6.07, 6.45) is 0. The number of hydrogen-bond acceptors (Lipinski definition) is 2. The molecule has 0 spiro atoms. The first-order chi connectivity index (χ1) is 8.25. The van der Waals surface area contributed by atoms with Crippen molar-refractivity contribution < 1.29 is 4.39 Å². The first kappa shape index (κ1) is 12.0. The molecule has 0 aromatic heterocycles. The van der Waals surface area contributed by atoms with Gasteiger partial charge in [-0.25, -0.2) is 4.39 Å². The highest BCUT2D eigenvalue weighted by molar-refractivity contribution is 7.97. The molecule has 0 aliphatic rings. The van der Waals surface area contributed by atoms with E-state index in [1.165, 1.54) is 11.6 Å². The molecule has 0 saturated carbocycles. The Bertz CT molecular complexity index is 482. The standard InChI is InChI=1S/C14H14FNS/c15-14-4-2-1-3-12(14)10-17-9-11-5-7-13(16)8-6-11/h1-8H,9-10,16H2. The average molecular weight is 247 g/mol. The maximum atomic E-state index is 13.3. The molecule has 0 heterocycles. The number of benzene rings is 2. The van der Waals surface area contributed by atoms with Gasteiger partial charge in [0.15, 0.2) is 0 Å². The zero-order valence-corrected chi connectivity index (χ0v) is 10.2. The summed E-state index contributed by atoms with van der Waals surface area (Å²) in [5, 5.41) is 0. The molecule has 2 N–H and O–H groups in total. The normalized spacial score (nSPS) is 10.4. The van der Waals surface area contributed by atoms with Crippen molar-refractivity contribution >= 4 is 17.4 Å². The van der Waals surface area contributed by atoms with Gasteiger partial charge < -0.3 is 5.73 Å². The van der Waals surface area contributed by atoms with Crippen molar-refractivity contribution in [2.45, 2.75) is 11.5 Å². The highest BCUT2D eigenvalue weighted by Crippen LogP contribution is 2.20. The second kappa shape index (κ2) is 5.73. The minimum Gasteiger partial charge on any atom is -0.399 e. The Labute approximate surface area is 105 Å². The molecule has 0 amide bonds. The van der Waals surface area contributed by atoms with Crippen LogP contribution in [0.5, 0.6) is 0 Å². The van der Waals surface area contributed by atoms with Crippen LogP contribution in [0.1, 0.15) is 11.1 Å². The second-order valence-corrected chi connectivity index (χ2v) is 4.81. The SMILES string of the molecule is Nc1ccc(CSCc2ccccc2F)cc1. The van der Waals surface area contributed by atoms with Crippen LogP contribution in [0.2, 0.25) is 0 Å². The number of rotatable bonds is 4. The van der Waals surface area contributed by atoms with Crippen LogP contribution in [-0.2, 0) is 11.5 Å². The van der Waals surface area contributed by atoms with E-state index in [0.717, 1.165) is 17.0 Å². The molecule has 0 bridgehead atoms. The predicted octanol–water partition coefficient (Wildman–Crippen LogP) is 3.84. The maximum Gasteiger partial charge on any atom is 0.127 e. The van der Waals surface area contributed by atoms with Gasteiger partial charge in [0.05, 0.1) is 0 Å². The van der Waals surface area contributed by atoms with Crippen LogP contribution in [0, 0.1) is 5.82 Å². The molecule has 0 fully saturated rings. The summed E-state index contributed by atoms with van der Waals surface area (Å²) in [6.45, 7) is 0. The summed E-state index contributed by atoms with van der Waals surface area (Å²) >= 11 is 1.70. The number of hydrogen-bond donors (Lipinski definition) is 1. The topological polar surface area (TPSA) is 26.0 Å². The van der Waals surface area contributed by atoms with E-state index < -0.39 is 0 Å². The Balaban J connectivity index is 1.88. The molecular formula is C14H14FNS. The van der Waals surface area contributed by atoms with E-state index in [4.69, 9.17) is 5.73 Å². The maximum absolute atomic E-state index is 13.3. The molecule has 2 aromatic rings. The molecule has 0 atom stereocenters. The Morgan fingerprint density at radius 2 is 1.65 bits per heavy atom. The Kier molecular flexibility index (Phi) is 4.04. The number of thioether (sulfide) groups is 1. The summed E-state index contributed by atoms with van der Waals surface area (Å²) in [4.78, 5) is 0. The van der Waals surface area contributed by atoms with Crippen molar-refractivity contribution in [3.8, 4) is 0 Å². The molecule has 0 saturated heterocycles. The quantitative estimate of drug-likeness (QED) is 0.831. The highest BCUT2D eigenvalue weighted by Gasteiger charge is 2.00. The summed E-state index contributed by atoms with van der Waals surface area (Å²) in [6, 6.07) is 14.7. The highest BCUT2D eigenvalue weighted by atomic mass is 32.2. The molecule has 0 aliphatic heterocycles. The fourth-order valence-electron chi connectivity index (χ4n) is 1.51. The minimum atomic E-state index is -0.127. The Morgan fingerprint density at radius 3 is 2.35 bits per heavy atom. The average Bonchev–Trinajstić information content (AvgIpc) is 2.34. The zero-order valence-electron chi connectivity index (χ0n) is 9.40. The first-order valence-electron chi connectivity index (χ1n) is 5.41. The van der Waals surface area contributed by atoms with Crippen LogP contribution in [0.3, 0.4) is 0 Å². The number of nitrogen functional groups attached to an aromatic ring is 1. The predicted molar refractivity (Wildman–Crippen MR) is 72.3 cm³/mol. The van der Waals surface area contributed by atoms with Gasteiger partial charge >= 0.3 is 0 Å². The molecule has 2 rings (SSSR count). The lowest BCUT2D eigenvalue weighted by molar-refractivity contribution is 0.617. The molecule has 2 aromatic carbocycles. The second-order valence-electron chi connectivity index (χ2n) is 3.83. The van der Waals surface area contributed by atoms with Gasteiger partial charge in [-0.3, -0.25) is 0 Å². The van der Waals surface area contributed by atoms with Crippen molar-refractivity contribution in [2.24, 2.45) is 0 Å². The molecule has 1 nitrogen and oxygen atoms in total. The van der Waals surface area contributed by atoms with Gasteiger partial charge in [0, 0.05) is 17.2 Å². The molecule has 17 heavy (non-hydrogen) atoms. The Hall–Kier alpha value is -1.48. The lowest BCUT2D eigenvalue weighted by Gasteiger charge is -2.04. The zero-order chi connectivity index (χ0) is 12.1. The molecule has 0 aliphatic carbocycles. The van der Waals surface area contributed by atoms with E-state index in [0.29, 0.717) is 5.75 Å². The van der Waals surface area contributed by atoms with E-state index in [2.05, 4.69) is 0 Å². The molecule has 88 valence electrons. The van der Waals surface area contributed by atoms with Gasteiger partial charge in [0.1, 0.15) is 5.82 Å². The largest absolute Gasteiger partial charge is 0.399 e. The molecule has 0 radical (unpaired) electrons. The van der Waals surface area contributed by atoms with Gasteiger partial charge in [-0.1, -0.05) is 30.3 Å². The van der Waals surface area contributed by atoms with Gasteiger partial charge in [-0.05, 0) is 29.3 Å². The van der Waals surface area contributed by atoms with E-state index in [1.807, 2.05) is 36.4 Å². The minimum absolute atomic E-state index is 0.127. The summed E-state index contributed by atoms with van der Waals surface area (Å²) in [5.41, 5.74) is 8.35. The van der Waals surface area contributed by atoms with Crippen molar-refractivity contribution in [3.05, 3.63) is 65.5 Å². The van der Waals surface area contributed by atoms with Crippen molar-refractivity contribution in [2.75, 3.05) is 5.73 Å². The summed E-state index contributed by atoms with van der Waals surface area (Å²) < 4.78 is 13.3. The number of halogens is 1. The van der Waals surface area contributed by atoms with E-state index >= 15 is 0 Å². The summed E-state index contributed by atoms with van der Waals surface area (Å²) in [7, 11) is 0. The van der Waals surface area contributed by atoms with E-state index in [-0.39, 0.29) is 5.82 Å². The Morgan fingerprint density at radius 1 is 0.941 bits per heavy atom. The van der Waals surface area contributed by atoms with Crippen LogP contribution in [-0.4, -0.2) is 0 Å². The van der Waals surface area contributed by atoms with Gasteiger partial charge in [0.2, 0.25) is 0 Å². The van der Waals surface area contributed by atoms with E-state index in [1.54, 1.807) is 17.8 Å². The number of nitrogens with two attached hydrogens (primary N) is 1. The summed E-state index contributed by atoms with van der Waals surface area (Å²) in [5.74, 6) is 1.43. The fourth-order valence-corrected chi connectivity index (χ4v) is 2.49. The smallest absolute Gasteiger partial charge is 0.127 e. The lowest BCUT2D eigenvalue weighted by atomic mass is 10.2. The molecule has 3 heteroatoms. The van der Waals surface area contributed by atoms with E-state index in [9.17, 15) is 4.39 Å². The monoisotopic (exact) mass is 247 g/mol. The third-order valence-electron chi connectivity index (χ3n) is 2.46. The van der Waals surface area contributed by atoms with Gasteiger partial charge in [-0.2, -0.15) is 11.8 Å². The van der Waals surface area contributed by atoms with Crippen molar-refractivity contribution in [1.29, 1.82) is 0 Å². The van der Waals surface area contributed by atoms with Crippen molar-refractivity contribution in [1.82, 2.24) is 0 Å². The van der Waals surface area contributed by atoms with Crippen molar-refractivity contribution in [3.63, 3.8) is 0 Å². The first-order valence-corrected chi connectivity index (χ1v) is 6.57. The van der Waals surface area contributed by atoms with Crippen LogP contribution in [0.4, 0.5) is 10.1 Å². The van der Waals surface area contributed by atoms with Gasteiger partial charge in [0.25, 0.3) is 0 Å². The van der Waals surface area contributed by atoms with Crippen LogP contribution >= 0.6 is 11.8 Å². The molecule has 0 unspecified atom stereocenters. The third-order valence-corrected chi connectivity index (χ3v) is 3.52. The molecular weight excluding hydrogens is 233 g/mol. The third kappa shape index (κ3) is 3.49. The van der Waals surface area contributed by atoms with Gasteiger partial charge in [-0.15, -0.1) is 0 Å². The number of anilines is 1.